The number of piperidine rings is 2. The van der Waals surface area contributed by atoms with Gasteiger partial charge >= 0.3 is 6.36 Å². The fourth-order valence-electron chi connectivity index (χ4n) is 8.75. The minimum Gasteiger partial charge on any atom is -0.384 e. The molecule has 1 aliphatic carbocycles. The van der Waals surface area contributed by atoms with Gasteiger partial charge in [0.25, 0.3) is 11.8 Å². The van der Waals surface area contributed by atoms with Crippen LogP contribution < -0.4 is 30.1 Å². The summed E-state index contributed by atoms with van der Waals surface area (Å²) in [5, 5.41) is 24.4. The summed E-state index contributed by atoms with van der Waals surface area (Å²) in [6, 6.07) is 7.11. The van der Waals surface area contributed by atoms with Crippen LogP contribution >= 0.6 is 0 Å². The van der Waals surface area contributed by atoms with E-state index in [1.807, 2.05) is 25.2 Å². The van der Waals surface area contributed by atoms with Crippen molar-refractivity contribution < 1.29 is 37.4 Å². The number of nitrogens with one attached hydrogen (secondary N) is 2. The van der Waals surface area contributed by atoms with Crippen molar-refractivity contribution in [3.05, 3.63) is 54.6 Å². The number of alkyl halides is 3. The average Bonchev–Trinajstić information content (AvgIpc) is 3.85. The van der Waals surface area contributed by atoms with Crippen LogP contribution in [0.1, 0.15) is 67.8 Å². The summed E-state index contributed by atoms with van der Waals surface area (Å²) >= 11 is 0. The smallest absolute Gasteiger partial charge is 0.384 e. The van der Waals surface area contributed by atoms with Crippen LogP contribution in [0.5, 0.6) is 5.88 Å². The molecule has 1 aromatic carbocycles. The molecule has 0 radical (unpaired) electrons. The molecule has 3 N–H and O–H groups in total. The molecule has 4 aliphatic rings. The Kier molecular flexibility index (Phi) is 9.98. The third-order valence-corrected chi connectivity index (χ3v) is 11.6. The van der Waals surface area contributed by atoms with Crippen molar-refractivity contribution in [2.75, 3.05) is 53.7 Å². The minimum atomic E-state index is -5.00. The van der Waals surface area contributed by atoms with Crippen LogP contribution in [0.3, 0.4) is 0 Å². The third-order valence-electron chi connectivity index (χ3n) is 11.6. The lowest BCUT2D eigenvalue weighted by Crippen LogP contribution is -2.56. The van der Waals surface area contributed by atoms with Gasteiger partial charge in [-0.3, -0.25) is 24.4 Å². The Hall–Kier alpha value is -5.43. The Bertz CT molecular complexity index is 2110. The van der Waals surface area contributed by atoms with E-state index in [4.69, 9.17) is 0 Å². The van der Waals surface area contributed by atoms with Gasteiger partial charge in [0.15, 0.2) is 5.65 Å². The summed E-state index contributed by atoms with van der Waals surface area (Å²) in [6.45, 7) is 2.52. The normalized spacial score (nSPS) is 23.5. The monoisotopic (exact) mass is 779 g/mol. The first-order valence-corrected chi connectivity index (χ1v) is 18.9. The largest absolute Gasteiger partial charge is 0.574 e. The third kappa shape index (κ3) is 7.32. The summed E-state index contributed by atoms with van der Waals surface area (Å²) in [5.74, 6) is -1.70. The average molecular weight is 780 g/mol. The van der Waals surface area contributed by atoms with Crippen molar-refractivity contribution in [3.63, 3.8) is 0 Å². The molecule has 0 spiro atoms. The number of nitrogens with zero attached hydrogens (tertiary/aromatic N) is 9. The Morgan fingerprint density at radius 2 is 1.82 bits per heavy atom. The van der Waals surface area contributed by atoms with E-state index in [1.54, 1.807) is 22.1 Å². The van der Waals surface area contributed by atoms with Crippen molar-refractivity contribution in [1.29, 1.82) is 0 Å². The molecule has 3 aromatic heterocycles. The fourth-order valence-corrected chi connectivity index (χ4v) is 8.75. The van der Waals surface area contributed by atoms with Gasteiger partial charge in [0.1, 0.15) is 17.3 Å². The molecule has 3 amide bonds. The quantitative estimate of drug-likeness (QED) is 0.211. The maximum atomic E-state index is 13.4. The Morgan fingerprint density at radius 3 is 2.55 bits per heavy atom. The van der Waals surface area contributed by atoms with Gasteiger partial charge in [0, 0.05) is 51.5 Å². The first kappa shape index (κ1) is 37.5. The minimum absolute atomic E-state index is 0.0981. The van der Waals surface area contributed by atoms with Crippen LogP contribution in [0, 0.1) is 5.92 Å². The first-order chi connectivity index (χ1) is 26.8. The van der Waals surface area contributed by atoms with Gasteiger partial charge in [-0.2, -0.15) is 5.10 Å². The second-order valence-electron chi connectivity index (χ2n) is 15.1. The maximum absolute atomic E-state index is 13.4. The van der Waals surface area contributed by atoms with Crippen molar-refractivity contribution in [2.45, 2.75) is 82.2 Å². The highest BCUT2D eigenvalue weighted by Gasteiger charge is 2.44. The topological polar surface area (TPSA) is 166 Å². The summed E-state index contributed by atoms with van der Waals surface area (Å²) in [5.41, 5.74) is 2.80. The standard InChI is InChI=1S/C37H44F3N11O5/c1-46(23-13-17-48(18-14-23)27-5-3-6-28-31(27)47(2)36(55)51(28)29-11-12-30(52)44-34(29)54)20-22-7-9-24(10-8-22)50-21-26(35(45-50)56-37(38,39)40)43-33(53)25-19-42-49-16-4-15-41-32(25)49/h3-6,15-16,19,21-24,29,36,55H,7-14,17-18,20H2,1-2H3,(H,43,53)(H,44,52,54). The molecule has 3 fully saturated rings. The highest BCUT2D eigenvalue weighted by molar-refractivity contribution is 6.08. The number of imide groups is 1. The fraction of sp³-hybridized carbons (Fsp3) is 0.514. The summed E-state index contributed by atoms with van der Waals surface area (Å²) in [6.07, 6.45) is 5.36. The van der Waals surface area contributed by atoms with E-state index in [-0.39, 0.29) is 35.3 Å². The van der Waals surface area contributed by atoms with Crippen molar-refractivity contribution in [3.8, 4) is 5.88 Å². The molecule has 2 unspecified atom stereocenters. The number of aromatic nitrogens is 5. The van der Waals surface area contributed by atoms with Gasteiger partial charge in [-0.1, -0.05) is 6.07 Å². The zero-order chi connectivity index (χ0) is 39.3. The van der Waals surface area contributed by atoms with E-state index in [9.17, 15) is 32.7 Å². The number of carbonyl (C=O) groups is 3. The van der Waals surface area contributed by atoms with Crippen LogP contribution in [0.15, 0.2) is 49.1 Å². The second kappa shape index (κ2) is 14.9. The lowest BCUT2D eigenvalue weighted by Gasteiger charge is -2.40. The number of amides is 3. The molecule has 4 aromatic rings. The summed E-state index contributed by atoms with van der Waals surface area (Å²) < 4.78 is 47.2. The lowest BCUT2D eigenvalue weighted by atomic mass is 9.85. The van der Waals surface area contributed by atoms with Crippen molar-refractivity contribution >= 4 is 46.1 Å². The first-order valence-electron chi connectivity index (χ1n) is 18.9. The van der Waals surface area contributed by atoms with E-state index in [0.717, 1.165) is 62.4 Å². The lowest BCUT2D eigenvalue weighted by molar-refractivity contribution is -0.276. The predicted molar refractivity (Wildman–Crippen MR) is 198 cm³/mol. The van der Waals surface area contributed by atoms with Gasteiger partial charge in [0.05, 0.1) is 35.5 Å². The maximum Gasteiger partial charge on any atom is 0.574 e. The van der Waals surface area contributed by atoms with Crippen LogP contribution in [-0.4, -0.2) is 111 Å². The molecule has 16 nitrogen and oxygen atoms in total. The van der Waals surface area contributed by atoms with Gasteiger partial charge in [-0.05, 0) is 76.1 Å². The number of rotatable bonds is 9. The van der Waals surface area contributed by atoms with Gasteiger partial charge in [0.2, 0.25) is 18.2 Å². The molecule has 298 valence electrons. The summed E-state index contributed by atoms with van der Waals surface area (Å²) in [7, 11) is 3.96. The number of benzene rings is 1. The number of hydrogen-bond donors (Lipinski definition) is 3. The molecule has 3 aliphatic heterocycles. The van der Waals surface area contributed by atoms with E-state index in [0.29, 0.717) is 31.2 Å². The molecule has 2 saturated heterocycles. The predicted octanol–water partition coefficient (Wildman–Crippen LogP) is 3.75. The molecule has 0 bridgehead atoms. The molecule has 8 rings (SSSR count). The van der Waals surface area contributed by atoms with E-state index in [1.165, 1.54) is 27.8 Å². The van der Waals surface area contributed by atoms with E-state index < -0.39 is 36.5 Å². The van der Waals surface area contributed by atoms with Crippen LogP contribution in [-0.2, 0) is 9.59 Å². The van der Waals surface area contributed by atoms with Crippen LogP contribution in [0.4, 0.5) is 35.9 Å². The number of hydrogen-bond acceptors (Lipinski definition) is 12. The molecule has 6 heterocycles. The van der Waals surface area contributed by atoms with Gasteiger partial charge in [-0.15, -0.1) is 18.3 Å². The van der Waals surface area contributed by atoms with E-state index >= 15 is 0 Å². The van der Waals surface area contributed by atoms with Gasteiger partial charge in [-0.25, -0.2) is 9.50 Å². The Labute approximate surface area is 320 Å². The zero-order valence-electron chi connectivity index (χ0n) is 31.0. The zero-order valence-corrected chi connectivity index (χ0v) is 31.0. The van der Waals surface area contributed by atoms with Crippen LogP contribution in [0.25, 0.3) is 5.65 Å². The number of para-hydroxylation sites is 1. The highest BCUT2D eigenvalue weighted by atomic mass is 19.4. The van der Waals surface area contributed by atoms with Crippen molar-refractivity contribution in [2.24, 2.45) is 5.92 Å². The molecular formula is C37H44F3N11O5. The molecule has 56 heavy (non-hydrogen) atoms. The number of aliphatic hydroxyl groups excluding tert-OH is 1. The molecule has 1 saturated carbocycles. The van der Waals surface area contributed by atoms with Crippen LogP contribution in [0.2, 0.25) is 0 Å². The molecular weight excluding hydrogens is 735 g/mol. The highest BCUT2D eigenvalue weighted by Crippen LogP contribution is 2.47. The SMILES string of the molecule is CN(CC1CCC(n2cc(NC(=O)c3cnn4cccnc34)c(OC(F)(F)F)n2)CC1)C1CCN(c2cccc3c2N(C)C(O)N3C2CCC(=O)NC2=O)CC1. The number of anilines is 4. The number of ether oxygens (including phenoxy) is 1. The molecule has 19 heteroatoms. The Morgan fingerprint density at radius 1 is 1.07 bits per heavy atom. The summed E-state index contributed by atoms with van der Waals surface area (Å²) in [4.78, 5) is 50.0. The van der Waals surface area contributed by atoms with E-state index in [2.05, 4.69) is 47.4 Å². The number of aliphatic hydroxyl groups is 1. The van der Waals surface area contributed by atoms with Gasteiger partial charge < -0.3 is 34.8 Å². The number of halogens is 3. The Balaban J connectivity index is 0.864. The van der Waals surface area contributed by atoms with Crippen molar-refractivity contribution in [1.82, 2.24) is 34.6 Å². The number of carbonyl (C=O) groups excluding carboxylic acids is 3. The molecule has 2 atom stereocenters. The number of fused-ring (bicyclic) bond motifs is 2. The second-order valence-corrected chi connectivity index (χ2v) is 15.1.